The first kappa shape index (κ1) is 14.1. The van der Waals surface area contributed by atoms with Gasteiger partial charge in [0.15, 0.2) is 0 Å². The molecule has 0 amide bonds. The number of fused-ring (bicyclic) bond motifs is 1. The van der Waals surface area contributed by atoms with E-state index in [9.17, 15) is 0 Å². The van der Waals surface area contributed by atoms with E-state index in [1.165, 1.54) is 34.2 Å². The van der Waals surface area contributed by atoms with Gasteiger partial charge in [0, 0.05) is 22.2 Å². The average molecular weight is 289 g/mol. The van der Waals surface area contributed by atoms with Gasteiger partial charge in [-0.25, -0.2) is 0 Å². The van der Waals surface area contributed by atoms with E-state index in [4.69, 9.17) is 4.74 Å². The third kappa shape index (κ3) is 3.40. The Bertz CT molecular complexity index is 512. The molecule has 2 aromatic rings. The summed E-state index contributed by atoms with van der Waals surface area (Å²) in [5.74, 6) is 0. The topological polar surface area (TPSA) is 21.3 Å². The second-order valence-corrected chi connectivity index (χ2v) is 6.76. The maximum absolute atomic E-state index is 5.78. The zero-order valence-corrected chi connectivity index (χ0v) is 12.9. The Balaban J connectivity index is 1.52. The highest BCUT2D eigenvalue weighted by Gasteiger charge is 2.14. The van der Waals surface area contributed by atoms with E-state index >= 15 is 0 Å². The molecular weight excluding hydrogens is 266 g/mol. The minimum Gasteiger partial charge on any atom is -0.378 e. The molecule has 0 radical (unpaired) electrons. The number of hydrogen-bond acceptors (Lipinski definition) is 3. The van der Waals surface area contributed by atoms with Gasteiger partial charge >= 0.3 is 0 Å². The molecule has 1 aromatic heterocycles. The molecule has 2 atom stereocenters. The summed E-state index contributed by atoms with van der Waals surface area (Å²) in [6.45, 7) is 4.25. The minimum absolute atomic E-state index is 0.427. The number of ether oxygens (including phenoxy) is 1. The summed E-state index contributed by atoms with van der Waals surface area (Å²) in [6, 6.07) is 11.4. The molecule has 1 fully saturated rings. The summed E-state index contributed by atoms with van der Waals surface area (Å²) in [6.07, 6.45) is 5.41. The zero-order valence-electron chi connectivity index (χ0n) is 12.1. The van der Waals surface area contributed by atoms with Crippen molar-refractivity contribution in [2.24, 2.45) is 0 Å². The summed E-state index contributed by atoms with van der Waals surface area (Å²) >= 11 is 1.90. The molecule has 2 heterocycles. The Morgan fingerprint density at radius 1 is 1.35 bits per heavy atom. The van der Waals surface area contributed by atoms with E-state index < -0.39 is 0 Å². The molecular formula is C17H23NOS. The predicted molar refractivity (Wildman–Crippen MR) is 86.5 cm³/mol. The molecule has 3 heteroatoms. The highest BCUT2D eigenvalue weighted by atomic mass is 32.1. The minimum atomic E-state index is 0.427. The monoisotopic (exact) mass is 289 g/mol. The lowest BCUT2D eigenvalue weighted by Gasteiger charge is -2.23. The molecule has 3 rings (SSSR count). The number of hydrogen-bond donors (Lipinski definition) is 1. The van der Waals surface area contributed by atoms with Gasteiger partial charge in [0.25, 0.3) is 0 Å². The molecule has 0 saturated carbocycles. The van der Waals surface area contributed by atoms with Crippen LogP contribution in [0.4, 0.5) is 0 Å². The van der Waals surface area contributed by atoms with Crippen molar-refractivity contribution in [1.29, 1.82) is 0 Å². The Kier molecular flexibility index (Phi) is 4.71. The van der Waals surface area contributed by atoms with Gasteiger partial charge in [-0.15, -0.1) is 11.3 Å². The first-order valence-electron chi connectivity index (χ1n) is 7.66. The lowest BCUT2D eigenvalue weighted by atomic mass is 10.1. The van der Waals surface area contributed by atoms with Crippen molar-refractivity contribution < 1.29 is 4.74 Å². The molecule has 1 saturated heterocycles. The largest absolute Gasteiger partial charge is 0.378 e. The van der Waals surface area contributed by atoms with Crippen LogP contribution in [-0.2, 0) is 4.74 Å². The van der Waals surface area contributed by atoms with Gasteiger partial charge in [-0.3, -0.25) is 0 Å². The summed E-state index contributed by atoms with van der Waals surface area (Å²) in [5.41, 5.74) is 0. The zero-order chi connectivity index (χ0) is 13.8. The normalized spacial score (nSPS) is 21.1. The number of nitrogens with one attached hydrogen (secondary N) is 1. The fourth-order valence-electron chi connectivity index (χ4n) is 2.81. The molecule has 1 N–H and O–H groups in total. The van der Waals surface area contributed by atoms with E-state index in [0.717, 1.165) is 19.6 Å². The maximum atomic E-state index is 5.78. The van der Waals surface area contributed by atoms with Gasteiger partial charge in [0.05, 0.1) is 6.10 Å². The second-order valence-electron chi connectivity index (χ2n) is 5.64. The van der Waals surface area contributed by atoms with Crippen molar-refractivity contribution in [3.63, 3.8) is 0 Å². The lowest BCUT2D eigenvalue weighted by Crippen LogP contribution is -2.26. The summed E-state index contributed by atoms with van der Waals surface area (Å²) < 4.78 is 7.16. The summed E-state index contributed by atoms with van der Waals surface area (Å²) in [5, 5.41) is 5.00. The maximum Gasteiger partial charge on any atom is 0.0587 e. The van der Waals surface area contributed by atoms with Gasteiger partial charge in [-0.1, -0.05) is 18.2 Å². The van der Waals surface area contributed by atoms with Crippen LogP contribution in [0.2, 0.25) is 0 Å². The van der Waals surface area contributed by atoms with Crippen molar-refractivity contribution in [3.05, 3.63) is 35.2 Å². The summed E-state index contributed by atoms with van der Waals surface area (Å²) in [4.78, 5) is 1.43. The molecule has 2 unspecified atom stereocenters. The number of benzene rings is 1. The van der Waals surface area contributed by atoms with Crippen LogP contribution in [0.15, 0.2) is 30.3 Å². The first-order valence-corrected chi connectivity index (χ1v) is 8.48. The smallest absolute Gasteiger partial charge is 0.0587 e. The first-order chi connectivity index (χ1) is 9.83. The molecule has 1 aliphatic heterocycles. The van der Waals surface area contributed by atoms with Gasteiger partial charge in [-0.2, -0.15) is 0 Å². The van der Waals surface area contributed by atoms with Crippen LogP contribution < -0.4 is 5.32 Å². The van der Waals surface area contributed by atoms with Crippen molar-refractivity contribution >= 4 is 21.4 Å². The van der Waals surface area contributed by atoms with Crippen LogP contribution in [0, 0.1) is 0 Å². The van der Waals surface area contributed by atoms with Gasteiger partial charge < -0.3 is 10.1 Å². The molecule has 0 bridgehead atoms. The standard InChI is InChI=1S/C17H23NOS/c1-13(18-10-9-15-7-4-5-11-19-15)17-12-14-6-2-3-8-16(14)20-17/h2-3,6,8,12-13,15,18H,4-5,7,9-11H2,1H3. The average Bonchev–Trinajstić information content (AvgIpc) is 2.92. The van der Waals surface area contributed by atoms with Crippen LogP contribution in [0.3, 0.4) is 0 Å². The van der Waals surface area contributed by atoms with Crippen molar-refractivity contribution in [1.82, 2.24) is 5.32 Å². The predicted octanol–water partition coefficient (Wildman–Crippen LogP) is 4.51. The van der Waals surface area contributed by atoms with Crippen LogP contribution in [-0.4, -0.2) is 19.3 Å². The third-order valence-electron chi connectivity index (χ3n) is 4.06. The van der Waals surface area contributed by atoms with Gasteiger partial charge in [0.1, 0.15) is 0 Å². The fraction of sp³-hybridized carbons (Fsp3) is 0.529. The Morgan fingerprint density at radius 2 is 2.25 bits per heavy atom. The molecule has 1 aromatic carbocycles. The molecule has 0 spiro atoms. The van der Waals surface area contributed by atoms with Crippen molar-refractivity contribution in [2.45, 2.75) is 44.8 Å². The van der Waals surface area contributed by atoms with Crippen LogP contribution >= 0.6 is 11.3 Å². The molecule has 1 aliphatic rings. The van der Waals surface area contributed by atoms with Crippen LogP contribution in [0.1, 0.15) is 43.5 Å². The number of rotatable bonds is 5. The quantitative estimate of drug-likeness (QED) is 0.874. The number of thiophene rings is 1. The van der Waals surface area contributed by atoms with E-state index in [1.807, 2.05) is 11.3 Å². The Labute approximate surface area is 125 Å². The van der Waals surface area contributed by atoms with Crippen LogP contribution in [0.25, 0.3) is 10.1 Å². The Morgan fingerprint density at radius 3 is 3.05 bits per heavy atom. The summed E-state index contributed by atoms with van der Waals surface area (Å²) in [7, 11) is 0. The van der Waals surface area contributed by atoms with E-state index in [-0.39, 0.29) is 0 Å². The van der Waals surface area contributed by atoms with E-state index in [0.29, 0.717) is 12.1 Å². The molecule has 20 heavy (non-hydrogen) atoms. The molecule has 108 valence electrons. The van der Waals surface area contributed by atoms with Gasteiger partial charge in [0.2, 0.25) is 0 Å². The van der Waals surface area contributed by atoms with Crippen LogP contribution in [0.5, 0.6) is 0 Å². The van der Waals surface area contributed by atoms with Crippen molar-refractivity contribution in [2.75, 3.05) is 13.2 Å². The Hall–Kier alpha value is -0.900. The van der Waals surface area contributed by atoms with Gasteiger partial charge in [-0.05, 0) is 56.7 Å². The van der Waals surface area contributed by atoms with E-state index in [1.54, 1.807) is 0 Å². The van der Waals surface area contributed by atoms with E-state index in [2.05, 4.69) is 42.6 Å². The highest BCUT2D eigenvalue weighted by Crippen LogP contribution is 2.29. The SMILES string of the molecule is CC(NCCC1CCCCO1)c1cc2ccccc2s1. The fourth-order valence-corrected chi connectivity index (χ4v) is 3.90. The second kappa shape index (κ2) is 6.70. The molecule has 2 nitrogen and oxygen atoms in total. The lowest BCUT2D eigenvalue weighted by molar-refractivity contribution is 0.0113. The molecule has 0 aliphatic carbocycles. The highest BCUT2D eigenvalue weighted by molar-refractivity contribution is 7.19. The van der Waals surface area contributed by atoms with Crippen molar-refractivity contribution in [3.8, 4) is 0 Å². The third-order valence-corrected chi connectivity index (χ3v) is 5.36.